The third kappa shape index (κ3) is 2.04. The van der Waals surface area contributed by atoms with E-state index in [0.717, 1.165) is 0 Å². The normalized spacial score (nSPS) is 9.33. The first-order valence-corrected chi connectivity index (χ1v) is 4.73. The molecule has 0 heterocycles. The van der Waals surface area contributed by atoms with Gasteiger partial charge in [0.2, 0.25) is 0 Å². The SMILES string of the molecule is N#Cc1c([N+](=O)[O-])ccc(I)c1C(N)=O. The number of hydrogen-bond donors (Lipinski definition) is 1. The van der Waals surface area contributed by atoms with Crippen LogP contribution in [-0.4, -0.2) is 10.8 Å². The molecule has 0 saturated carbocycles. The Hall–Kier alpha value is -1.69. The molecule has 0 spiro atoms. The number of hydrogen-bond acceptors (Lipinski definition) is 4. The molecule has 15 heavy (non-hydrogen) atoms. The second-order valence-electron chi connectivity index (χ2n) is 2.55. The van der Waals surface area contributed by atoms with Gasteiger partial charge in [0.25, 0.3) is 11.6 Å². The van der Waals surface area contributed by atoms with Crippen LogP contribution in [0.25, 0.3) is 0 Å². The predicted octanol–water partition coefficient (Wildman–Crippen LogP) is 1.17. The third-order valence-corrected chi connectivity index (χ3v) is 2.59. The predicted molar refractivity (Wildman–Crippen MR) is 59.0 cm³/mol. The molecule has 0 atom stereocenters. The summed E-state index contributed by atoms with van der Waals surface area (Å²) in [6, 6.07) is 4.17. The number of nitrogens with zero attached hydrogens (tertiary/aromatic N) is 2. The van der Waals surface area contributed by atoms with Crippen molar-refractivity contribution in [3.05, 3.63) is 36.9 Å². The van der Waals surface area contributed by atoms with E-state index in [1.165, 1.54) is 12.1 Å². The Morgan fingerprint density at radius 3 is 2.60 bits per heavy atom. The number of nitro groups is 1. The van der Waals surface area contributed by atoms with Crippen LogP contribution in [0.2, 0.25) is 0 Å². The monoisotopic (exact) mass is 317 g/mol. The van der Waals surface area contributed by atoms with Crippen molar-refractivity contribution in [3.8, 4) is 6.07 Å². The molecule has 1 amide bonds. The second kappa shape index (κ2) is 4.22. The van der Waals surface area contributed by atoms with Crippen LogP contribution in [-0.2, 0) is 0 Å². The van der Waals surface area contributed by atoms with Crippen molar-refractivity contribution in [2.45, 2.75) is 0 Å². The van der Waals surface area contributed by atoms with Gasteiger partial charge in [-0.05, 0) is 28.7 Å². The molecule has 7 heteroatoms. The van der Waals surface area contributed by atoms with E-state index < -0.39 is 16.5 Å². The molecule has 2 N–H and O–H groups in total. The number of amides is 1. The fourth-order valence-electron chi connectivity index (χ4n) is 1.07. The van der Waals surface area contributed by atoms with Crippen molar-refractivity contribution >= 4 is 34.2 Å². The van der Waals surface area contributed by atoms with Crippen molar-refractivity contribution in [1.29, 1.82) is 5.26 Å². The van der Waals surface area contributed by atoms with E-state index in [4.69, 9.17) is 11.0 Å². The van der Waals surface area contributed by atoms with Gasteiger partial charge in [0.1, 0.15) is 11.6 Å². The zero-order valence-corrected chi connectivity index (χ0v) is 9.39. The lowest BCUT2D eigenvalue weighted by atomic mass is 10.1. The molecule has 76 valence electrons. The molecular formula is C8H4IN3O3. The Morgan fingerprint density at radius 1 is 1.60 bits per heavy atom. The molecule has 0 bridgehead atoms. The number of carbonyl (C=O) groups excluding carboxylic acids is 1. The van der Waals surface area contributed by atoms with Gasteiger partial charge in [-0.25, -0.2) is 0 Å². The third-order valence-electron chi connectivity index (χ3n) is 1.69. The topological polar surface area (TPSA) is 110 Å². The molecule has 1 rings (SSSR count). The van der Waals surface area contributed by atoms with Crippen LogP contribution < -0.4 is 5.73 Å². The second-order valence-corrected chi connectivity index (χ2v) is 3.71. The Kier molecular flexibility index (Phi) is 3.21. The smallest absolute Gasteiger partial charge is 0.287 e. The molecule has 0 fully saturated rings. The number of nitrogens with two attached hydrogens (primary N) is 1. The number of rotatable bonds is 2. The van der Waals surface area contributed by atoms with Crippen LogP contribution in [0.5, 0.6) is 0 Å². The van der Waals surface area contributed by atoms with Crippen molar-refractivity contribution in [2.24, 2.45) is 5.73 Å². The van der Waals surface area contributed by atoms with E-state index in [1.807, 2.05) is 0 Å². The zero-order chi connectivity index (χ0) is 11.6. The number of primary amides is 1. The van der Waals surface area contributed by atoms with E-state index in [2.05, 4.69) is 0 Å². The minimum absolute atomic E-state index is 0.104. The van der Waals surface area contributed by atoms with Gasteiger partial charge in [-0.1, -0.05) is 0 Å². The lowest BCUT2D eigenvalue weighted by Gasteiger charge is -2.02. The summed E-state index contributed by atoms with van der Waals surface area (Å²) in [5.74, 6) is -0.848. The van der Waals surface area contributed by atoms with Crippen LogP contribution >= 0.6 is 22.6 Å². The number of carbonyl (C=O) groups is 1. The Morgan fingerprint density at radius 2 is 2.20 bits per heavy atom. The van der Waals surface area contributed by atoms with Crippen LogP contribution in [0.15, 0.2) is 12.1 Å². The minimum atomic E-state index is -0.848. The molecule has 0 aliphatic rings. The summed E-state index contributed by atoms with van der Waals surface area (Å²) in [5.41, 5.74) is 4.24. The van der Waals surface area contributed by atoms with Crippen LogP contribution in [0.1, 0.15) is 15.9 Å². The average Bonchev–Trinajstić information content (AvgIpc) is 2.15. The number of halogens is 1. The minimum Gasteiger partial charge on any atom is -0.366 e. The lowest BCUT2D eigenvalue weighted by Crippen LogP contribution is -2.15. The van der Waals surface area contributed by atoms with Crippen LogP contribution in [0.3, 0.4) is 0 Å². The Bertz CT molecular complexity index is 493. The molecular weight excluding hydrogens is 313 g/mol. The first-order chi connectivity index (χ1) is 6.99. The summed E-state index contributed by atoms with van der Waals surface area (Å²) in [6.07, 6.45) is 0. The van der Waals surface area contributed by atoms with Crippen LogP contribution in [0, 0.1) is 25.0 Å². The lowest BCUT2D eigenvalue weighted by molar-refractivity contribution is -0.385. The maximum Gasteiger partial charge on any atom is 0.287 e. The average molecular weight is 317 g/mol. The highest BCUT2D eigenvalue weighted by atomic mass is 127. The van der Waals surface area contributed by atoms with Gasteiger partial charge in [0.05, 0.1) is 10.5 Å². The fourth-order valence-corrected chi connectivity index (χ4v) is 1.79. The highest BCUT2D eigenvalue weighted by Crippen LogP contribution is 2.25. The van der Waals surface area contributed by atoms with Gasteiger partial charge < -0.3 is 5.73 Å². The Labute approximate surface area is 98.0 Å². The molecule has 1 aromatic rings. The van der Waals surface area contributed by atoms with Gasteiger partial charge in [-0.3, -0.25) is 14.9 Å². The molecule has 0 aromatic heterocycles. The molecule has 0 saturated heterocycles. The summed E-state index contributed by atoms with van der Waals surface area (Å²) < 4.78 is 0.419. The number of nitro benzene ring substituents is 1. The summed E-state index contributed by atoms with van der Waals surface area (Å²) in [7, 11) is 0. The van der Waals surface area contributed by atoms with Gasteiger partial charge in [-0.15, -0.1) is 0 Å². The van der Waals surface area contributed by atoms with Crippen LogP contribution in [0.4, 0.5) is 5.69 Å². The van der Waals surface area contributed by atoms with E-state index in [0.29, 0.717) is 3.57 Å². The van der Waals surface area contributed by atoms with Crippen molar-refractivity contribution in [2.75, 3.05) is 0 Å². The van der Waals surface area contributed by atoms with E-state index in [-0.39, 0.29) is 11.1 Å². The maximum absolute atomic E-state index is 11.0. The van der Waals surface area contributed by atoms with E-state index in [1.54, 1.807) is 28.7 Å². The molecule has 0 aliphatic heterocycles. The van der Waals surface area contributed by atoms with E-state index >= 15 is 0 Å². The number of benzene rings is 1. The highest BCUT2D eigenvalue weighted by molar-refractivity contribution is 14.1. The molecule has 0 unspecified atom stereocenters. The quantitative estimate of drug-likeness (QED) is 0.501. The molecule has 0 aliphatic carbocycles. The van der Waals surface area contributed by atoms with Gasteiger partial charge in [-0.2, -0.15) is 5.26 Å². The maximum atomic E-state index is 11.0. The van der Waals surface area contributed by atoms with Crippen molar-refractivity contribution < 1.29 is 9.72 Å². The number of nitriles is 1. The Balaban J connectivity index is 3.64. The summed E-state index contributed by atoms with van der Waals surface area (Å²) in [6.45, 7) is 0. The van der Waals surface area contributed by atoms with Gasteiger partial charge in [0.15, 0.2) is 0 Å². The highest BCUT2D eigenvalue weighted by Gasteiger charge is 2.22. The van der Waals surface area contributed by atoms with Gasteiger partial charge >= 0.3 is 0 Å². The standard InChI is InChI=1S/C8H4IN3O3/c9-5-1-2-6(12(14)15)4(3-10)7(5)8(11)13/h1-2H,(H2,11,13). The first kappa shape index (κ1) is 11.4. The fraction of sp³-hybridized carbons (Fsp3) is 0. The summed E-state index contributed by atoms with van der Waals surface area (Å²) >= 11 is 1.79. The van der Waals surface area contributed by atoms with Crippen molar-refractivity contribution in [3.63, 3.8) is 0 Å². The summed E-state index contributed by atoms with van der Waals surface area (Å²) in [4.78, 5) is 20.9. The largest absolute Gasteiger partial charge is 0.366 e. The van der Waals surface area contributed by atoms with E-state index in [9.17, 15) is 14.9 Å². The molecule has 6 nitrogen and oxygen atoms in total. The first-order valence-electron chi connectivity index (χ1n) is 3.65. The zero-order valence-electron chi connectivity index (χ0n) is 7.23. The molecule has 0 radical (unpaired) electrons. The summed E-state index contributed by atoms with van der Waals surface area (Å²) in [5, 5.41) is 19.3. The molecule has 1 aromatic carbocycles. The van der Waals surface area contributed by atoms with Crippen molar-refractivity contribution in [1.82, 2.24) is 0 Å². The van der Waals surface area contributed by atoms with Gasteiger partial charge in [0, 0.05) is 9.64 Å².